The van der Waals surface area contributed by atoms with E-state index in [2.05, 4.69) is 15.9 Å². The minimum atomic E-state index is -0.416. The molecule has 14 heavy (non-hydrogen) atoms. The smallest absolute Gasteiger partial charge is 0.254 e. The van der Waals surface area contributed by atoms with Gasteiger partial charge in [-0.2, -0.15) is 0 Å². The van der Waals surface area contributed by atoms with Crippen LogP contribution in [-0.2, 0) is 0 Å². The van der Waals surface area contributed by atoms with E-state index in [1.54, 1.807) is 13.1 Å². The summed E-state index contributed by atoms with van der Waals surface area (Å²) in [7, 11) is 1.68. The highest BCUT2D eigenvalue weighted by atomic mass is 79.9. The van der Waals surface area contributed by atoms with Crippen LogP contribution in [0.25, 0.3) is 0 Å². The maximum atomic E-state index is 13.1. The number of carbonyl (C=O) groups is 1. The van der Waals surface area contributed by atoms with Crippen molar-refractivity contribution in [1.82, 2.24) is 4.90 Å². The third kappa shape index (κ3) is 2.12. The van der Waals surface area contributed by atoms with Crippen molar-refractivity contribution in [2.45, 2.75) is 6.92 Å². The molecule has 0 spiro atoms. The first-order chi connectivity index (χ1) is 6.57. The van der Waals surface area contributed by atoms with Crippen LogP contribution in [0.15, 0.2) is 22.7 Å². The number of benzene rings is 1. The Hall–Kier alpha value is -0.900. The van der Waals surface area contributed by atoms with Crippen molar-refractivity contribution in [2.24, 2.45) is 0 Å². The molecule has 2 nitrogen and oxygen atoms in total. The summed E-state index contributed by atoms with van der Waals surface area (Å²) in [6.45, 7) is 2.47. The number of hydrogen-bond donors (Lipinski definition) is 0. The fourth-order valence-electron chi connectivity index (χ4n) is 1.02. The highest BCUT2D eigenvalue weighted by Gasteiger charge is 2.15. The van der Waals surface area contributed by atoms with Crippen molar-refractivity contribution in [3.8, 4) is 0 Å². The topological polar surface area (TPSA) is 20.3 Å². The van der Waals surface area contributed by atoms with Crippen LogP contribution in [0.5, 0.6) is 0 Å². The Morgan fingerprint density at radius 3 is 2.79 bits per heavy atom. The Labute approximate surface area is 90.8 Å². The molecular weight excluding hydrogens is 249 g/mol. The predicted octanol–water partition coefficient (Wildman–Crippen LogP) is 2.68. The third-order valence-corrected chi connectivity index (χ3v) is 2.81. The summed E-state index contributed by atoms with van der Waals surface area (Å²) >= 11 is 3.06. The molecule has 0 atom stereocenters. The molecule has 76 valence electrons. The van der Waals surface area contributed by atoms with Crippen LogP contribution < -0.4 is 0 Å². The van der Waals surface area contributed by atoms with Crippen molar-refractivity contribution in [2.75, 3.05) is 13.6 Å². The number of amides is 1. The second-order valence-electron chi connectivity index (χ2n) is 2.92. The molecule has 0 aromatic heterocycles. The van der Waals surface area contributed by atoms with Gasteiger partial charge in [0.05, 0.1) is 10.0 Å². The maximum Gasteiger partial charge on any atom is 0.254 e. The average molecular weight is 260 g/mol. The van der Waals surface area contributed by atoms with Crippen LogP contribution in [-0.4, -0.2) is 24.4 Å². The average Bonchev–Trinajstić information content (AvgIpc) is 2.20. The van der Waals surface area contributed by atoms with Gasteiger partial charge in [-0.3, -0.25) is 4.79 Å². The standard InChI is InChI=1S/C10H11BrFNO/c1-3-13(2)10(14)7-5-4-6-8(12)9(7)11/h4-6H,3H2,1-2H3. The summed E-state index contributed by atoms with van der Waals surface area (Å²) in [5, 5.41) is 0. The summed E-state index contributed by atoms with van der Waals surface area (Å²) in [4.78, 5) is 13.2. The van der Waals surface area contributed by atoms with Gasteiger partial charge in [0, 0.05) is 13.6 Å². The molecule has 0 saturated heterocycles. The molecule has 0 aliphatic carbocycles. The monoisotopic (exact) mass is 259 g/mol. The van der Waals surface area contributed by atoms with Gasteiger partial charge in [0.15, 0.2) is 0 Å². The largest absolute Gasteiger partial charge is 0.342 e. The Balaban J connectivity index is 3.07. The lowest BCUT2D eigenvalue weighted by Gasteiger charge is -2.15. The second kappa shape index (κ2) is 4.55. The van der Waals surface area contributed by atoms with Crippen molar-refractivity contribution >= 4 is 21.8 Å². The number of carbonyl (C=O) groups excluding carboxylic acids is 1. The molecule has 1 aromatic carbocycles. The Morgan fingerprint density at radius 2 is 2.21 bits per heavy atom. The minimum absolute atomic E-state index is 0.182. The Morgan fingerprint density at radius 1 is 1.57 bits per heavy atom. The summed E-state index contributed by atoms with van der Waals surface area (Å²) < 4.78 is 13.3. The number of halogens is 2. The molecular formula is C10H11BrFNO. The van der Waals surface area contributed by atoms with E-state index in [1.165, 1.54) is 17.0 Å². The lowest BCUT2D eigenvalue weighted by Crippen LogP contribution is -2.26. The van der Waals surface area contributed by atoms with Gasteiger partial charge >= 0.3 is 0 Å². The van der Waals surface area contributed by atoms with Gasteiger partial charge in [0.2, 0.25) is 0 Å². The van der Waals surface area contributed by atoms with Gasteiger partial charge in [-0.05, 0) is 35.0 Å². The highest BCUT2D eigenvalue weighted by Crippen LogP contribution is 2.21. The lowest BCUT2D eigenvalue weighted by molar-refractivity contribution is 0.0801. The summed E-state index contributed by atoms with van der Waals surface area (Å²) in [5.41, 5.74) is 0.356. The predicted molar refractivity (Wildman–Crippen MR) is 56.7 cm³/mol. The van der Waals surface area contributed by atoms with Crippen LogP contribution in [0.1, 0.15) is 17.3 Å². The first kappa shape index (κ1) is 11.2. The molecule has 0 bridgehead atoms. The molecule has 1 amide bonds. The summed E-state index contributed by atoms with van der Waals surface area (Å²) in [6, 6.07) is 4.44. The van der Waals surface area contributed by atoms with E-state index in [0.29, 0.717) is 12.1 Å². The van der Waals surface area contributed by atoms with E-state index in [9.17, 15) is 9.18 Å². The Bertz CT molecular complexity index is 354. The van der Waals surface area contributed by atoms with Crippen molar-refractivity contribution in [3.05, 3.63) is 34.1 Å². The zero-order chi connectivity index (χ0) is 10.7. The molecule has 4 heteroatoms. The molecule has 1 rings (SSSR count). The molecule has 0 aliphatic rings. The lowest BCUT2D eigenvalue weighted by atomic mass is 10.2. The first-order valence-electron chi connectivity index (χ1n) is 4.27. The molecule has 0 N–H and O–H groups in total. The van der Waals surface area contributed by atoms with E-state index >= 15 is 0 Å². The van der Waals surface area contributed by atoms with Gasteiger partial charge in [0.25, 0.3) is 5.91 Å². The molecule has 0 radical (unpaired) electrons. The SMILES string of the molecule is CCN(C)C(=O)c1cccc(F)c1Br. The number of hydrogen-bond acceptors (Lipinski definition) is 1. The molecule has 0 heterocycles. The van der Waals surface area contributed by atoms with E-state index in [4.69, 9.17) is 0 Å². The Kier molecular flexibility index (Phi) is 3.63. The van der Waals surface area contributed by atoms with Crippen molar-refractivity contribution < 1.29 is 9.18 Å². The molecule has 0 unspecified atom stereocenters. The number of rotatable bonds is 2. The van der Waals surface area contributed by atoms with Crippen LogP contribution in [0.2, 0.25) is 0 Å². The fraction of sp³-hybridized carbons (Fsp3) is 0.300. The van der Waals surface area contributed by atoms with E-state index in [0.717, 1.165) is 0 Å². The van der Waals surface area contributed by atoms with Gasteiger partial charge in [-0.15, -0.1) is 0 Å². The van der Waals surface area contributed by atoms with Crippen LogP contribution >= 0.6 is 15.9 Å². The van der Waals surface area contributed by atoms with Gasteiger partial charge < -0.3 is 4.90 Å². The quantitative estimate of drug-likeness (QED) is 0.800. The normalized spacial score (nSPS) is 10.0. The van der Waals surface area contributed by atoms with Crippen molar-refractivity contribution in [3.63, 3.8) is 0 Å². The zero-order valence-electron chi connectivity index (χ0n) is 8.05. The van der Waals surface area contributed by atoms with Crippen molar-refractivity contribution in [1.29, 1.82) is 0 Å². The first-order valence-corrected chi connectivity index (χ1v) is 5.06. The molecule has 0 aliphatic heterocycles. The maximum absolute atomic E-state index is 13.1. The molecule has 0 fully saturated rings. The summed E-state index contributed by atoms with van der Waals surface area (Å²) in [5.74, 6) is -0.598. The highest BCUT2D eigenvalue weighted by molar-refractivity contribution is 9.10. The summed E-state index contributed by atoms with van der Waals surface area (Å²) in [6.07, 6.45) is 0. The van der Waals surface area contributed by atoms with E-state index in [-0.39, 0.29) is 10.4 Å². The van der Waals surface area contributed by atoms with E-state index < -0.39 is 5.82 Å². The van der Waals surface area contributed by atoms with Crippen LogP contribution in [0.3, 0.4) is 0 Å². The number of nitrogens with zero attached hydrogens (tertiary/aromatic N) is 1. The van der Waals surface area contributed by atoms with E-state index in [1.807, 2.05) is 6.92 Å². The molecule has 0 saturated carbocycles. The molecule has 1 aromatic rings. The van der Waals surface area contributed by atoms with Crippen LogP contribution in [0.4, 0.5) is 4.39 Å². The third-order valence-electron chi connectivity index (χ3n) is 2.00. The van der Waals surface area contributed by atoms with Crippen LogP contribution in [0, 0.1) is 5.82 Å². The van der Waals surface area contributed by atoms with Gasteiger partial charge in [-0.1, -0.05) is 6.07 Å². The van der Waals surface area contributed by atoms with Gasteiger partial charge in [0.1, 0.15) is 5.82 Å². The zero-order valence-corrected chi connectivity index (χ0v) is 9.64. The second-order valence-corrected chi connectivity index (χ2v) is 3.71. The minimum Gasteiger partial charge on any atom is -0.342 e. The fourth-order valence-corrected chi connectivity index (χ4v) is 1.45. The van der Waals surface area contributed by atoms with Gasteiger partial charge in [-0.25, -0.2) is 4.39 Å².